The Hall–Kier alpha value is -0.560. The van der Waals surface area contributed by atoms with Crippen molar-refractivity contribution in [3.05, 3.63) is 23.8 Å². The lowest BCUT2D eigenvalue weighted by Gasteiger charge is -2.39. The van der Waals surface area contributed by atoms with Crippen LogP contribution < -0.4 is 5.32 Å². The normalized spacial score (nSPS) is 50.8. The third-order valence-corrected chi connectivity index (χ3v) is 5.10. The van der Waals surface area contributed by atoms with E-state index in [9.17, 15) is 0 Å². The lowest BCUT2D eigenvalue weighted by molar-refractivity contribution is 0.218. The highest BCUT2D eigenvalue weighted by molar-refractivity contribution is 5.27. The van der Waals surface area contributed by atoms with Crippen molar-refractivity contribution in [2.75, 3.05) is 0 Å². The second-order valence-electron chi connectivity index (χ2n) is 6.27. The molecule has 1 fully saturated rings. The molecule has 0 radical (unpaired) electrons. The topological polar surface area (TPSA) is 12.0 Å². The number of nitrogens with one attached hydrogen (secondary N) is 1. The molecule has 0 aromatic heterocycles. The highest BCUT2D eigenvalue weighted by Gasteiger charge is 2.52. The van der Waals surface area contributed by atoms with E-state index in [-0.39, 0.29) is 0 Å². The Balaban J connectivity index is 1.99. The third-order valence-electron chi connectivity index (χ3n) is 5.10. The van der Waals surface area contributed by atoms with E-state index in [1.54, 1.807) is 5.57 Å². The SMILES string of the molecule is CC1=CC(C)CC2C1NC1CCC=CC12C. The highest BCUT2D eigenvalue weighted by atomic mass is 15.0. The van der Waals surface area contributed by atoms with Crippen LogP contribution in [0.3, 0.4) is 0 Å². The Labute approximate surface area is 99.0 Å². The first kappa shape index (κ1) is 10.6. The fourth-order valence-corrected chi connectivity index (χ4v) is 4.22. The van der Waals surface area contributed by atoms with Gasteiger partial charge in [0.1, 0.15) is 0 Å². The molecule has 1 nitrogen and oxygen atoms in total. The van der Waals surface area contributed by atoms with E-state index in [4.69, 9.17) is 0 Å². The van der Waals surface area contributed by atoms with Gasteiger partial charge in [-0.05, 0) is 38.0 Å². The van der Waals surface area contributed by atoms with Crippen molar-refractivity contribution in [1.82, 2.24) is 5.32 Å². The maximum absolute atomic E-state index is 3.89. The molecule has 2 aliphatic carbocycles. The largest absolute Gasteiger partial charge is 0.306 e. The molecule has 16 heavy (non-hydrogen) atoms. The summed E-state index contributed by atoms with van der Waals surface area (Å²) in [6.07, 6.45) is 11.3. The second-order valence-corrected chi connectivity index (χ2v) is 6.27. The molecule has 0 spiro atoms. The summed E-state index contributed by atoms with van der Waals surface area (Å²) in [5.41, 5.74) is 1.99. The molecule has 3 rings (SSSR count). The monoisotopic (exact) mass is 217 g/mol. The summed E-state index contributed by atoms with van der Waals surface area (Å²) in [7, 11) is 0. The van der Waals surface area contributed by atoms with Gasteiger partial charge in [0.2, 0.25) is 0 Å². The van der Waals surface area contributed by atoms with Gasteiger partial charge in [-0.1, -0.05) is 37.6 Å². The smallest absolute Gasteiger partial charge is 0.0317 e. The van der Waals surface area contributed by atoms with E-state index in [2.05, 4.69) is 44.3 Å². The average Bonchev–Trinajstić information content (AvgIpc) is 2.52. The van der Waals surface area contributed by atoms with E-state index < -0.39 is 0 Å². The summed E-state index contributed by atoms with van der Waals surface area (Å²) < 4.78 is 0. The molecule has 0 bridgehead atoms. The summed E-state index contributed by atoms with van der Waals surface area (Å²) in [5, 5.41) is 3.89. The minimum atomic E-state index is 0.409. The molecule has 0 aromatic carbocycles. The van der Waals surface area contributed by atoms with Crippen LogP contribution in [0.5, 0.6) is 0 Å². The maximum atomic E-state index is 3.89. The van der Waals surface area contributed by atoms with Crippen LogP contribution in [0.25, 0.3) is 0 Å². The predicted octanol–water partition coefficient (Wildman–Crippen LogP) is 3.29. The van der Waals surface area contributed by atoms with Gasteiger partial charge in [0.15, 0.2) is 0 Å². The fraction of sp³-hybridized carbons (Fsp3) is 0.733. The second kappa shape index (κ2) is 3.46. The molecule has 1 saturated heterocycles. The fourth-order valence-electron chi connectivity index (χ4n) is 4.22. The summed E-state index contributed by atoms with van der Waals surface area (Å²) in [6.45, 7) is 7.14. The number of rotatable bonds is 0. The molecule has 1 N–H and O–H groups in total. The van der Waals surface area contributed by atoms with Gasteiger partial charge in [0.05, 0.1) is 0 Å². The zero-order valence-corrected chi connectivity index (χ0v) is 10.7. The third kappa shape index (κ3) is 1.34. The van der Waals surface area contributed by atoms with Crippen molar-refractivity contribution in [2.45, 2.75) is 52.1 Å². The Morgan fingerprint density at radius 2 is 2.25 bits per heavy atom. The Bertz CT molecular complexity index is 354. The first-order valence-electron chi connectivity index (χ1n) is 6.73. The van der Waals surface area contributed by atoms with Gasteiger partial charge < -0.3 is 5.32 Å². The number of hydrogen-bond donors (Lipinski definition) is 1. The van der Waals surface area contributed by atoms with Gasteiger partial charge in [-0.25, -0.2) is 0 Å². The van der Waals surface area contributed by atoms with Crippen LogP contribution in [-0.2, 0) is 0 Å². The zero-order chi connectivity index (χ0) is 11.3. The van der Waals surface area contributed by atoms with Gasteiger partial charge in [0, 0.05) is 17.5 Å². The van der Waals surface area contributed by atoms with Crippen LogP contribution >= 0.6 is 0 Å². The minimum absolute atomic E-state index is 0.409. The first-order chi connectivity index (χ1) is 7.61. The molecule has 5 atom stereocenters. The van der Waals surface area contributed by atoms with Gasteiger partial charge in [-0.3, -0.25) is 0 Å². The summed E-state index contributed by atoms with van der Waals surface area (Å²) in [5.74, 6) is 1.57. The molecular formula is C15H23N. The van der Waals surface area contributed by atoms with Crippen LogP contribution in [0.4, 0.5) is 0 Å². The molecular weight excluding hydrogens is 194 g/mol. The van der Waals surface area contributed by atoms with Gasteiger partial charge in [-0.2, -0.15) is 0 Å². The molecule has 0 amide bonds. The summed E-state index contributed by atoms with van der Waals surface area (Å²) in [4.78, 5) is 0. The first-order valence-corrected chi connectivity index (χ1v) is 6.73. The van der Waals surface area contributed by atoms with Crippen molar-refractivity contribution in [1.29, 1.82) is 0 Å². The van der Waals surface area contributed by atoms with Crippen molar-refractivity contribution in [3.63, 3.8) is 0 Å². The predicted molar refractivity (Wildman–Crippen MR) is 68.2 cm³/mol. The van der Waals surface area contributed by atoms with Crippen LogP contribution in [0.1, 0.15) is 40.0 Å². The number of fused-ring (bicyclic) bond motifs is 3. The molecule has 0 saturated carbocycles. The quantitative estimate of drug-likeness (QED) is 0.614. The number of allylic oxidation sites excluding steroid dienone is 2. The standard InChI is InChI=1S/C15H23N/c1-10-8-11(2)14-12(9-10)15(3)7-5-4-6-13(15)16-14/h5,7-8,10,12-14,16H,4,6,9H2,1-3H3. The molecule has 1 heterocycles. The van der Waals surface area contributed by atoms with Crippen molar-refractivity contribution in [3.8, 4) is 0 Å². The van der Waals surface area contributed by atoms with Crippen molar-refractivity contribution >= 4 is 0 Å². The molecule has 5 unspecified atom stereocenters. The van der Waals surface area contributed by atoms with Gasteiger partial charge >= 0.3 is 0 Å². The van der Waals surface area contributed by atoms with Crippen molar-refractivity contribution in [2.24, 2.45) is 17.3 Å². The summed E-state index contributed by atoms with van der Waals surface area (Å²) in [6, 6.07) is 1.36. The van der Waals surface area contributed by atoms with E-state index in [0.717, 1.165) is 11.8 Å². The number of hydrogen-bond acceptors (Lipinski definition) is 1. The van der Waals surface area contributed by atoms with Crippen molar-refractivity contribution < 1.29 is 0 Å². The zero-order valence-electron chi connectivity index (χ0n) is 10.7. The van der Waals surface area contributed by atoms with Gasteiger partial charge in [0.25, 0.3) is 0 Å². The van der Waals surface area contributed by atoms with E-state index in [1.807, 2.05) is 0 Å². The summed E-state index contributed by atoms with van der Waals surface area (Å²) >= 11 is 0. The molecule has 1 heteroatoms. The van der Waals surface area contributed by atoms with E-state index in [1.165, 1.54) is 19.3 Å². The van der Waals surface area contributed by atoms with Crippen LogP contribution in [0, 0.1) is 17.3 Å². The van der Waals surface area contributed by atoms with E-state index in [0.29, 0.717) is 17.5 Å². The Morgan fingerprint density at radius 1 is 1.44 bits per heavy atom. The molecule has 3 aliphatic rings. The lowest BCUT2D eigenvalue weighted by Crippen LogP contribution is -2.37. The van der Waals surface area contributed by atoms with Gasteiger partial charge in [-0.15, -0.1) is 0 Å². The maximum Gasteiger partial charge on any atom is 0.0317 e. The minimum Gasteiger partial charge on any atom is -0.306 e. The highest BCUT2D eigenvalue weighted by Crippen LogP contribution is 2.51. The molecule has 88 valence electrons. The molecule has 1 aliphatic heterocycles. The van der Waals surface area contributed by atoms with E-state index >= 15 is 0 Å². The Kier molecular flexibility index (Phi) is 2.29. The van der Waals surface area contributed by atoms with Crippen LogP contribution in [0.2, 0.25) is 0 Å². The lowest BCUT2D eigenvalue weighted by atomic mass is 9.64. The molecule has 0 aromatic rings. The average molecular weight is 217 g/mol. The Morgan fingerprint density at radius 3 is 3.06 bits per heavy atom. The van der Waals surface area contributed by atoms with Crippen LogP contribution in [-0.4, -0.2) is 12.1 Å². The van der Waals surface area contributed by atoms with Crippen LogP contribution in [0.15, 0.2) is 23.8 Å².